The standard InChI is InChI=1S/C28H22ClN3O2S2/c1-2-31-27(33)25(36-28(31)35)16-21-17-32(23-8-4-3-5-9-23)30-26(21)20-7-6-10-24(15-20)34-18-19-11-13-22(29)14-12-19/h3-17H,2,18H2,1H3. The number of thiocarbonyl (C=S) groups is 1. The molecule has 0 N–H and O–H groups in total. The number of amides is 1. The second-order valence-corrected chi connectivity index (χ2v) is 10.2. The molecule has 1 saturated heterocycles. The average molecular weight is 532 g/mol. The maximum absolute atomic E-state index is 12.9. The van der Waals surface area contributed by atoms with Crippen LogP contribution in [-0.4, -0.2) is 31.5 Å². The number of carbonyl (C=O) groups excluding carboxylic acids is 1. The van der Waals surface area contributed by atoms with Gasteiger partial charge in [0.25, 0.3) is 5.91 Å². The molecule has 1 aliphatic rings. The molecular weight excluding hydrogens is 510 g/mol. The van der Waals surface area contributed by atoms with Crippen molar-refractivity contribution in [3.63, 3.8) is 0 Å². The molecule has 180 valence electrons. The molecule has 0 spiro atoms. The smallest absolute Gasteiger partial charge is 0.266 e. The normalized spacial score (nSPS) is 14.6. The molecule has 3 aromatic carbocycles. The minimum Gasteiger partial charge on any atom is -0.489 e. The van der Waals surface area contributed by atoms with E-state index in [4.69, 9.17) is 33.7 Å². The number of hydrogen-bond donors (Lipinski definition) is 0. The molecule has 4 aromatic rings. The molecule has 0 saturated carbocycles. The summed E-state index contributed by atoms with van der Waals surface area (Å²) in [6.07, 6.45) is 3.81. The van der Waals surface area contributed by atoms with Gasteiger partial charge in [-0.25, -0.2) is 4.68 Å². The Kier molecular flexibility index (Phi) is 7.23. The molecule has 8 heteroatoms. The molecule has 0 bridgehead atoms. The predicted molar refractivity (Wildman–Crippen MR) is 150 cm³/mol. The van der Waals surface area contributed by atoms with Gasteiger partial charge in [-0.15, -0.1) is 0 Å². The Morgan fingerprint density at radius 3 is 2.56 bits per heavy atom. The van der Waals surface area contributed by atoms with Crippen molar-refractivity contribution in [3.05, 3.63) is 106 Å². The molecule has 1 fully saturated rings. The number of likely N-dealkylation sites (N-methyl/N-ethyl adjacent to an activating group) is 1. The lowest BCUT2D eigenvalue weighted by Crippen LogP contribution is -2.27. The van der Waals surface area contributed by atoms with Gasteiger partial charge in [0, 0.05) is 28.9 Å². The number of nitrogens with zero attached hydrogens (tertiary/aromatic N) is 3. The zero-order chi connectivity index (χ0) is 25.1. The second-order valence-electron chi connectivity index (χ2n) is 8.08. The van der Waals surface area contributed by atoms with Crippen LogP contribution in [0.3, 0.4) is 0 Å². The molecule has 0 unspecified atom stereocenters. The highest BCUT2D eigenvalue weighted by Gasteiger charge is 2.31. The molecule has 1 amide bonds. The zero-order valence-electron chi connectivity index (χ0n) is 19.4. The largest absolute Gasteiger partial charge is 0.489 e. The Morgan fingerprint density at radius 1 is 1.06 bits per heavy atom. The van der Waals surface area contributed by atoms with Gasteiger partial charge in [0.15, 0.2) is 0 Å². The summed E-state index contributed by atoms with van der Waals surface area (Å²) >= 11 is 12.7. The number of halogens is 1. The maximum Gasteiger partial charge on any atom is 0.266 e. The van der Waals surface area contributed by atoms with Crippen molar-refractivity contribution >= 4 is 51.9 Å². The van der Waals surface area contributed by atoms with E-state index in [-0.39, 0.29) is 5.91 Å². The predicted octanol–water partition coefficient (Wildman–Crippen LogP) is 6.99. The van der Waals surface area contributed by atoms with Crippen LogP contribution in [0.25, 0.3) is 23.0 Å². The van der Waals surface area contributed by atoms with Gasteiger partial charge in [-0.3, -0.25) is 9.69 Å². The van der Waals surface area contributed by atoms with Crippen LogP contribution < -0.4 is 4.74 Å². The summed E-state index contributed by atoms with van der Waals surface area (Å²) in [5, 5.41) is 5.57. The van der Waals surface area contributed by atoms with Gasteiger partial charge in [0.2, 0.25) is 0 Å². The molecule has 36 heavy (non-hydrogen) atoms. The van der Waals surface area contributed by atoms with Gasteiger partial charge >= 0.3 is 0 Å². The van der Waals surface area contributed by atoms with Crippen molar-refractivity contribution in [2.45, 2.75) is 13.5 Å². The highest BCUT2D eigenvalue weighted by atomic mass is 35.5. The van der Waals surface area contributed by atoms with Gasteiger partial charge in [-0.2, -0.15) is 5.10 Å². The number of carbonyl (C=O) groups is 1. The van der Waals surface area contributed by atoms with Gasteiger partial charge in [0.1, 0.15) is 22.4 Å². The summed E-state index contributed by atoms with van der Waals surface area (Å²) in [6.45, 7) is 2.89. The third-order valence-corrected chi connectivity index (χ3v) is 7.30. The molecule has 5 rings (SSSR count). The first-order valence-corrected chi connectivity index (χ1v) is 13.0. The first kappa shape index (κ1) is 24.3. The highest BCUT2D eigenvalue weighted by Crippen LogP contribution is 2.35. The molecule has 1 aromatic heterocycles. The maximum atomic E-state index is 12.9. The summed E-state index contributed by atoms with van der Waals surface area (Å²) in [5.74, 6) is 0.644. The highest BCUT2D eigenvalue weighted by molar-refractivity contribution is 8.26. The molecule has 1 aliphatic heterocycles. The van der Waals surface area contributed by atoms with Crippen LogP contribution in [0.1, 0.15) is 18.1 Å². The lowest BCUT2D eigenvalue weighted by Gasteiger charge is -2.09. The lowest BCUT2D eigenvalue weighted by molar-refractivity contribution is -0.121. The van der Waals surface area contributed by atoms with E-state index >= 15 is 0 Å². The zero-order valence-corrected chi connectivity index (χ0v) is 21.8. The number of aromatic nitrogens is 2. The number of para-hydroxylation sites is 1. The van der Waals surface area contributed by atoms with Crippen LogP contribution in [-0.2, 0) is 11.4 Å². The number of benzene rings is 3. The van der Waals surface area contributed by atoms with Crippen molar-refractivity contribution in [1.82, 2.24) is 14.7 Å². The summed E-state index contributed by atoms with van der Waals surface area (Å²) in [5.41, 5.74) is 4.41. The fraction of sp³-hybridized carbons (Fsp3) is 0.107. The van der Waals surface area contributed by atoms with E-state index in [1.165, 1.54) is 11.8 Å². The van der Waals surface area contributed by atoms with E-state index in [2.05, 4.69) is 0 Å². The van der Waals surface area contributed by atoms with E-state index in [0.717, 1.165) is 33.8 Å². The molecule has 0 aliphatic carbocycles. The van der Waals surface area contributed by atoms with E-state index < -0.39 is 0 Å². The fourth-order valence-electron chi connectivity index (χ4n) is 3.82. The molecule has 0 atom stereocenters. The third kappa shape index (κ3) is 5.23. The first-order valence-electron chi connectivity index (χ1n) is 11.4. The Balaban J connectivity index is 1.50. The van der Waals surface area contributed by atoms with Crippen LogP contribution in [0.2, 0.25) is 5.02 Å². The van der Waals surface area contributed by atoms with Crippen LogP contribution in [0.4, 0.5) is 0 Å². The van der Waals surface area contributed by atoms with E-state index in [1.807, 2.05) is 103 Å². The molecular formula is C28H22ClN3O2S2. The van der Waals surface area contributed by atoms with Crippen molar-refractivity contribution in [2.24, 2.45) is 0 Å². The van der Waals surface area contributed by atoms with Crippen LogP contribution in [0, 0.1) is 0 Å². The molecule has 5 nitrogen and oxygen atoms in total. The van der Waals surface area contributed by atoms with Crippen LogP contribution in [0.15, 0.2) is 90.0 Å². The number of hydrogen-bond acceptors (Lipinski definition) is 5. The van der Waals surface area contributed by atoms with Crippen LogP contribution >= 0.6 is 35.6 Å². The number of ether oxygens (including phenoxy) is 1. The third-order valence-electron chi connectivity index (χ3n) is 5.67. The lowest BCUT2D eigenvalue weighted by atomic mass is 10.1. The Labute approximate surface area is 224 Å². The SMILES string of the molecule is CCN1C(=O)C(=Cc2cn(-c3ccccc3)nc2-c2cccc(OCc3ccc(Cl)cc3)c2)SC1=S. The Hall–Kier alpha value is -3.39. The van der Waals surface area contributed by atoms with E-state index in [1.54, 1.807) is 4.90 Å². The van der Waals surface area contributed by atoms with E-state index in [0.29, 0.717) is 27.4 Å². The van der Waals surface area contributed by atoms with E-state index in [9.17, 15) is 4.79 Å². The number of rotatable bonds is 7. The average Bonchev–Trinajstić information content (AvgIpc) is 3.44. The van der Waals surface area contributed by atoms with Crippen molar-refractivity contribution in [2.75, 3.05) is 6.54 Å². The summed E-state index contributed by atoms with van der Waals surface area (Å²) in [4.78, 5) is 15.1. The van der Waals surface area contributed by atoms with Crippen molar-refractivity contribution < 1.29 is 9.53 Å². The second kappa shape index (κ2) is 10.7. The Morgan fingerprint density at radius 2 is 1.83 bits per heavy atom. The minimum atomic E-state index is -0.0778. The minimum absolute atomic E-state index is 0.0778. The first-order chi connectivity index (χ1) is 17.5. The van der Waals surface area contributed by atoms with Gasteiger partial charge in [-0.05, 0) is 55.0 Å². The number of thioether (sulfide) groups is 1. The van der Waals surface area contributed by atoms with Gasteiger partial charge in [-0.1, -0.05) is 78.0 Å². The molecule has 0 radical (unpaired) electrons. The quantitative estimate of drug-likeness (QED) is 0.190. The van der Waals surface area contributed by atoms with Crippen LogP contribution in [0.5, 0.6) is 5.75 Å². The topological polar surface area (TPSA) is 47.4 Å². The van der Waals surface area contributed by atoms with Crippen molar-refractivity contribution in [3.8, 4) is 22.7 Å². The molecule has 2 heterocycles. The fourth-order valence-corrected chi connectivity index (χ4v) is 5.33. The Bertz CT molecular complexity index is 1450. The summed E-state index contributed by atoms with van der Waals surface area (Å²) < 4.78 is 8.44. The monoisotopic (exact) mass is 531 g/mol. The van der Waals surface area contributed by atoms with Crippen molar-refractivity contribution in [1.29, 1.82) is 0 Å². The van der Waals surface area contributed by atoms with Gasteiger partial charge < -0.3 is 4.74 Å². The summed E-state index contributed by atoms with van der Waals surface area (Å²) in [6, 6.07) is 25.3. The van der Waals surface area contributed by atoms with Gasteiger partial charge in [0.05, 0.1) is 10.6 Å². The summed E-state index contributed by atoms with van der Waals surface area (Å²) in [7, 11) is 0.